The number of nitrogens with zero attached hydrogens (tertiary/aromatic N) is 1. The quantitative estimate of drug-likeness (QED) is 0.626. The molecule has 1 N–H and O–H groups in total. The average molecular weight is 418 g/mol. The first-order chi connectivity index (χ1) is 15.1. The summed E-state index contributed by atoms with van der Waals surface area (Å²) in [4.78, 5) is 15.3. The summed E-state index contributed by atoms with van der Waals surface area (Å²) in [6.45, 7) is 3.48. The minimum atomic E-state index is -0.212. The molecule has 3 aromatic carbocycles. The summed E-state index contributed by atoms with van der Waals surface area (Å²) in [5.41, 5.74) is 3.28. The number of ether oxygens (including phenoxy) is 3. The van der Waals surface area contributed by atoms with E-state index in [0.29, 0.717) is 29.4 Å². The lowest BCUT2D eigenvalue weighted by atomic mass is 10.1. The lowest BCUT2D eigenvalue weighted by molar-refractivity contribution is 0.102. The van der Waals surface area contributed by atoms with Crippen LogP contribution in [0, 0.1) is 0 Å². The summed E-state index contributed by atoms with van der Waals surface area (Å²) in [5.74, 6) is 1.79. The molecule has 0 aromatic heterocycles. The zero-order chi connectivity index (χ0) is 21.8. The van der Waals surface area contributed by atoms with Crippen LogP contribution in [0.2, 0.25) is 0 Å². The van der Waals surface area contributed by atoms with Gasteiger partial charge in [0.15, 0.2) is 0 Å². The highest BCUT2D eigenvalue weighted by Crippen LogP contribution is 2.36. The minimum absolute atomic E-state index is 0.189. The van der Waals surface area contributed by atoms with E-state index in [0.717, 1.165) is 18.0 Å². The number of hydrogen-bond acceptors (Lipinski definition) is 5. The second-order valence-corrected chi connectivity index (χ2v) is 7.51. The van der Waals surface area contributed by atoms with E-state index in [2.05, 4.69) is 29.3 Å². The molecule has 1 atom stereocenters. The zero-order valence-electron chi connectivity index (χ0n) is 17.9. The van der Waals surface area contributed by atoms with E-state index < -0.39 is 0 Å². The van der Waals surface area contributed by atoms with Gasteiger partial charge in [-0.05, 0) is 30.7 Å². The van der Waals surface area contributed by atoms with Gasteiger partial charge in [-0.1, -0.05) is 30.3 Å². The highest BCUT2D eigenvalue weighted by atomic mass is 16.5. The number of rotatable bonds is 6. The number of carbonyl (C=O) groups excluding carboxylic acids is 1. The number of carbonyl (C=O) groups is 1. The molecule has 0 radical (unpaired) electrons. The van der Waals surface area contributed by atoms with Gasteiger partial charge in [0.25, 0.3) is 5.91 Å². The third-order valence-corrected chi connectivity index (χ3v) is 5.35. The molecular weight excluding hydrogens is 392 g/mol. The maximum atomic E-state index is 13.0. The number of nitrogens with one attached hydrogen (secondary N) is 1. The number of amides is 1. The molecular formula is C25H26N2O4. The molecule has 31 heavy (non-hydrogen) atoms. The third-order valence-electron chi connectivity index (χ3n) is 5.35. The Kier molecular flexibility index (Phi) is 5.98. The molecule has 0 saturated carbocycles. The van der Waals surface area contributed by atoms with Crippen molar-refractivity contribution in [1.82, 2.24) is 0 Å². The average Bonchev–Trinajstić information content (AvgIpc) is 2.81. The van der Waals surface area contributed by atoms with Crippen LogP contribution in [0.4, 0.5) is 11.4 Å². The summed E-state index contributed by atoms with van der Waals surface area (Å²) < 4.78 is 16.5. The van der Waals surface area contributed by atoms with Crippen molar-refractivity contribution in [2.45, 2.75) is 19.5 Å². The predicted molar refractivity (Wildman–Crippen MR) is 122 cm³/mol. The molecule has 1 aliphatic heterocycles. The molecule has 0 fully saturated rings. The first-order valence-corrected chi connectivity index (χ1v) is 10.2. The van der Waals surface area contributed by atoms with E-state index in [1.807, 2.05) is 30.3 Å². The van der Waals surface area contributed by atoms with Crippen LogP contribution in [0.15, 0.2) is 66.7 Å². The Hall–Kier alpha value is -3.67. The molecule has 4 rings (SSSR count). The van der Waals surface area contributed by atoms with Gasteiger partial charge < -0.3 is 24.4 Å². The highest BCUT2D eigenvalue weighted by molar-refractivity contribution is 6.05. The molecule has 0 saturated heterocycles. The van der Waals surface area contributed by atoms with Crippen molar-refractivity contribution in [3.05, 3.63) is 77.9 Å². The number of hydrogen-bond donors (Lipinski definition) is 1. The lowest BCUT2D eigenvalue weighted by Crippen LogP contribution is -2.40. The van der Waals surface area contributed by atoms with Crippen molar-refractivity contribution in [3.8, 4) is 17.2 Å². The van der Waals surface area contributed by atoms with Gasteiger partial charge in [0.2, 0.25) is 0 Å². The molecule has 3 aromatic rings. The van der Waals surface area contributed by atoms with Crippen molar-refractivity contribution < 1.29 is 19.0 Å². The molecule has 1 heterocycles. The Bertz CT molecular complexity index is 1050. The summed E-state index contributed by atoms with van der Waals surface area (Å²) in [6.07, 6.45) is 0. The van der Waals surface area contributed by atoms with Crippen LogP contribution in [0.25, 0.3) is 0 Å². The van der Waals surface area contributed by atoms with E-state index in [-0.39, 0.29) is 11.9 Å². The van der Waals surface area contributed by atoms with Crippen molar-refractivity contribution in [2.75, 3.05) is 31.0 Å². The molecule has 0 bridgehead atoms. The fourth-order valence-corrected chi connectivity index (χ4v) is 3.65. The van der Waals surface area contributed by atoms with Crippen LogP contribution < -0.4 is 24.4 Å². The number of fused-ring (bicyclic) bond motifs is 1. The number of benzene rings is 3. The topological polar surface area (TPSA) is 60.0 Å². The van der Waals surface area contributed by atoms with Gasteiger partial charge in [0, 0.05) is 36.0 Å². The van der Waals surface area contributed by atoms with Crippen molar-refractivity contribution >= 4 is 17.3 Å². The first kappa shape index (κ1) is 20.6. The molecule has 1 amide bonds. The summed E-state index contributed by atoms with van der Waals surface area (Å²) in [5, 5.41) is 2.93. The Morgan fingerprint density at radius 1 is 1.03 bits per heavy atom. The fraction of sp³-hybridized carbons (Fsp3) is 0.240. The van der Waals surface area contributed by atoms with Gasteiger partial charge in [0.1, 0.15) is 23.9 Å². The molecule has 6 heteroatoms. The molecule has 1 aliphatic rings. The Morgan fingerprint density at radius 2 is 1.74 bits per heavy atom. The highest BCUT2D eigenvalue weighted by Gasteiger charge is 2.25. The fourth-order valence-electron chi connectivity index (χ4n) is 3.65. The maximum Gasteiger partial charge on any atom is 0.255 e. The Morgan fingerprint density at radius 3 is 2.42 bits per heavy atom. The van der Waals surface area contributed by atoms with E-state index in [4.69, 9.17) is 14.2 Å². The smallest absolute Gasteiger partial charge is 0.255 e. The lowest BCUT2D eigenvalue weighted by Gasteiger charge is -2.37. The Balaban J connectivity index is 1.60. The normalized spacial score (nSPS) is 14.9. The second kappa shape index (κ2) is 9.00. The van der Waals surface area contributed by atoms with Gasteiger partial charge in [-0.25, -0.2) is 0 Å². The van der Waals surface area contributed by atoms with Gasteiger partial charge in [-0.2, -0.15) is 0 Å². The molecule has 6 nitrogen and oxygen atoms in total. The predicted octanol–water partition coefficient (Wildman–Crippen LogP) is 4.74. The van der Waals surface area contributed by atoms with Gasteiger partial charge >= 0.3 is 0 Å². The monoisotopic (exact) mass is 418 g/mol. The molecule has 0 aliphatic carbocycles. The SMILES string of the molecule is COc1cc(NC(=O)c2ccc3c(c2)N(Cc2ccccc2)[C@H](C)CO3)cc(OC)c1. The maximum absolute atomic E-state index is 13.0. The molecule has 160 valence electrons. The van der Waals surface area contributed by atoms with E-state index in [9.17, 15) is 4.79 Å². The number of methoxy groups -OCH3 is 2. The van der Waals surface area contributed by atoms with Crippen molar-refractivity contribution in [2.24, 2.45) is 0 Å². The number of anilines is 2. The van der Waals surface area contributed by atoms with E-state index in [1.165, 1.54) is 5.56 Å². The van der Waals surface area contributed by atoms with Crippen molar-refractivity contribution in [1.29, 1.82) is 0 Å². The summed E-state index contributed by atoms with van der Waals surface area (Å²) in [6, 6.07) is 21.3. The van der Waals surface area contributed by atoms with Gasteiger partial charge in [0.05, 0.1) is 25.9 Å². The first-order valence-electron chi connectivity index (χ1n) is 10.2. The molecule has 0 unspecified atom stereocenters. The summed E-state index contributed by atoms with van der Waals surface area (Å²) >= 11 is 0. The van der Waals surface area contributed by atoms with E-state index in [1.54, 1.807) is 38.5 Å². The minimum Gasteiger partial charge on any atom is -0.497 e. The second-order valence-electron chi connectivity index (χ2n) is 7.51. The zero-order valence-corrected chi connectivity index (χ0v) is 17.9. The third kappa shape index (κ3) is 4.58. The van der Waals surface area contributed by atoms with E-state index >= 15 is 0 Å². The van der Waals surface area contributed by atoms with Crippen LogP contribution in [0.1, 0.15) is 22.8 Å². The summed E-state index contributed by atoms with van der Waals surface area (Å²) in [7, 11) is 3.15. The van der Waals surface area contributed by atoms with Crippen LogP contribution in [-0.2, 0) is 6.54 Å². The van der Waals surface area contributed by atoms with Crippen LogP contribution >= 0.6 is 0 Å². The standard InChI is InChI=1S/C25H26N2O4/c1-17-16-31-24-10-9-19(11-23(24)27(17)15-18-7-5-4-6-8-18)25(28)26-20-12-21(29-2)14-22(13-20)30-3/h4-14,17H,15-16H2,1-3H3,(H,26,28)/t17-/m1/s1. The van der Waals surface area contributed by atoms with Crippen LogP contribution in [-0.4, -0.2) is 32.8 Å². The van der Waals surface area contributed by atoms with Crippen LogP contribution in [0.3, 0.4) is 0 Å². The largest absolute Gasteiger partial charge is 0.497 e. The molecule has 0 spiro atoms. The van der Waals surface area contributed by atoms with Crippen molar-refractivity contribution in [3.63, 3.8) is 0 Å². The van der Waals surface area contributed by atoms with Gasteiger partial charge in [-0.3, -0.25) is 4.79 Å². The van der Waals surface area contributed by atoms with Crippen LogP contribution in [0.5, 0.6) is 17.2 Å². The Labute approximate surface area is 182 Å². The van der Waals surface area contributed by atoms with Gasteiger partial charge in [-0.15, -0.1) is 0 Å².